The van der Waals surface area contributed by atoms with E-state index in [0.29, 0.717) is 13.0 Å². The fourth-order valence-electron chi connectivity index (χ4n) is 4.52. The maximum absolute atomic E-state index is 12.8. The normalized spacial score (nSPS) is 25.7. The lowest BCUT2D eigenvalue weighted by molar-refractivity contribution is -0.118. The number of para-hydroxylation sites is 2. The second kappa shape index (κ2) is 8.40. The quantitative estimate of drug-likeness (QED) is 0.844. The van der Waals surface area contributed by atoms with E-state index in [1.807, 2.05) is 18.2 Å². The van der Waals surface area contributed by atoms with Crippen LogP contribution in [0.2, 0.25) is 0 Å². The molecule has 2 aliphatic rings. The zero-order valence-electron chi connectivity index (χ0n) is 16.2. The molecule has 5 nitrogen and oxygen atoms in total. The smallest absolute Gasteiger partial charge is 0.225 e. The summed E-state index contributed by atoms with van der Waals surface area (Å²) in [6.07, 6.45) is 6.66. The zero-order valence-corrected chi connectivity index (χ0v) is 16.2. The fourth-order valence-corrected chi connectivity index (χ4v) is 4.52. The van der Waals surface area contributed by atoms with E-state index in [0.717, 1.165) is 37.3 Å². The van der Waals surface area contributed by atoms with E-state index < -0.39 is 0 Å². The standard InChI is InChI=1S/C21H33N3O2/c1-16-13-24(14-17(2)26-16)19-9-5-4-8-18(19)23-20(25)12-21(15-22)10-6-3-7-11-21/h4-5,8-9,16-17H,3,6-7,10-15,22H2,1-2H3,(H,23,25). The highest BCUT2D eigenvalue weighted by atomic mass is 16.5. The van der Waals surface area contributed by atoms with Crippen molar-refractivity contribution in [3.05, 3.63) is 24.3 Å². The summed E-state index contributed by atoms with van der Waals surface area (Å²) in [6.45, 7) is 6.46. The largest absolute Gasteiger partial charge is 0.372 e. The number of hydrogen-bond donors (Lipinski definition) is 2. The Balaban J connectivity index is 1.70. The highest BCUT2D eigenvalue weighted by molar-refractivity contribution is 5.94. The highest BCUT2D eigenvalue weighted by Crippen LogP contribution is 2.39. The number of rotatable bonds is 5. The number of carbonyl (C=O) groups excluding carboxylic acids is 1. The number of amides is 1. The summed E-state index contributed by atoms with van der Waals surface area (Å²) < 4.78 is 5.84. The Kier molecular flexibility index (Phi) is 6.20. The van der Waals surface area contributed by atoms with Crippen LogP contribution in [0.5, 0.6) is 0 Å². The molecule has 144 valence electrons. The molecule has 3 rings (SSSR count). The minimum Gasteiger partial charge on any atom is -0.372 e. The Morgan fingerprint density at radius 1 is 1.19 bits per heavy atom. The average molecular weight is 360 g/mol. The van der Waals surface area contributed by atoms with Gasteiger partial charge in [0.2, 0.25) is 5.91 Å². The van der Waals surface area contributed by atoms with Gasteiger partial charge in [-0.2, -0.15) is 0 Å². The van der Waals surface area contributed by atoms with Crippen molar-refractivity contribution in [1.29, 1.82) is 0 Å². The summed E-state index contributed by atoms with van der Waals surface area (Å²) in [5.41, 5.74) is 8.01. The van der Waals surface area contributed by atoms with Gasteiger partial charge in [0.15, 0.2) is 0 Å². The predicted octanol–water partition coefficient (Wildman–Crippen LogP) is 3.54. The van der Waals surface area contributed by atoms with E-state index in [4.69, 9.17) is 10.5 Å². The first-order valence-electron chi connectivity index (χ1n) is 10.0. The van der Waals surface area contributed by atoms with Crippen LogP contribution < -0.4 is 16.0 Å². The van der Waals surface area contributed by atoms with Crippen LogP contribution in [0.25, 0.3) is 0 Å². The lowest BCUT2D eigenvalue weighted by Crippen LogP contribution is -2.45. The van der Waals surface area contributed by atoms with E-state index in [-0.39, 0.29) is 23.5 Å². The first-order valence-corrected chi connectivity index (χ1v) is 10.0. The number of morpholine rings is 1. The molecule has 2 fully saturated rings. The Labute approximate surface area is 157 Å². The topological polar surface area (TPSA) is 67.6 Å². The van der Waals surface area contributed by atoms with Crippen LogP contribution in [0.15, 0.2) is 24.3 Å². The fraction of sp³-hybridized carbons (Fsp3) is 0.667. The summed E-state index contributed by atoms with van der Waals surface area (Å²) in [5, 5.41) is 3.17. The molecule has 1 heterocycles. The molecule has 1 amide bonds. The van der Waals surface area contributed by atoms with Gasteiger partial charge >= 0.3 is 0 Å². The van der Waals surface area contributed by atoms with Gasteiger partial charge in [-0.25, -0.2) is 0 Å². The predicted molar refractivity (Wildman–Crippen MR) is 106 cm³/mol. The number of ether oxygens (including phenoxy) is 1. The molecule has 1 aromatic carbocycles. The van der Waals surface area contributed by atoms with E-state index in [1.54, 1.807) is 0 Å². The van der Waals surface area contributed by atoms with Crippen molar-refractivity contribution in [3.63, 3.8) is 0 Å². The molecule has 0 bridgehead atoms. The van der Waals surface area contributed by atoms with Crippen molar-refractivity contribution in [3.8, 4) is 0 Å². The van der Waals surface area contributed by atoms with E-state index in [9.17, 15) is 4.79 Å². The molecule has 0 radical (unpaired) electrons. The first kappa shape index (κ1) is 19.2. The number of benzene rings is 1. The van der Waals surface area contributed by atoms with Gasteiger partial charge in [0.1, 0.15) is 0 Å². The molecule has 2 atom stereocenters. The molecule has 5 heteroatoms. The third-order valence-corrected chi connectivity index (χ3v) is 5.82. The van der Waals surface area contributed by atoms with Gasteiger partial charge < -0.3 is 20.7 Å². The first-order chi connectivity index (χ1) is 12.5. The second-order valence-corrected chi connectivity index (χ2v) is 8.17. The summed E-state index contributed by atoms with van der Waals surface area (Å²) >= 11 is 0. The van der Waals surface area contributed by atoms with Crippen LogP contribution in [0.1, 0.15) is 52.4 Å². The monoisotopic (exact) mass is 359 g/mol. The Bertz CT molecular complexity index is 603. The SMILES string of the molecule is CC1CN(c2ccccc2NC(=O)CC2(CN)CCCCC2)CC(C)O1. The number of nitrogens with one attached hydrogen (secondary N) is 1. The van der Waals surface area contributed by atoms with Crippen molar-refractivity contribution in [1.82, 2.24) is 0 Å². The molecule has 1 aliphatic carbocycles. The molecule has 0 spiro atoms. The van der Waals surface area contributed by atoms with E-state index in [1.165, 1.54) is 19.3 Å². The molecule has 1 aromatic rings. The van der Waals surface area contributed by atoms with Crippen molar-refractivity contribution >= 4 is 17.3 Å². The number of nitrogens with two attached hydrogens (primary N) is 1. The Morgan fingerprint density at radius 3 is 2.50 bits per heavy atom. The Hall–Kier alpha value is -1.59. The third kappa shape index (κ3) is 4.57. The van der Waals surface area contributed by atoms with E-state index >= 15 is 0 Å². The minimum absolute atomic E-state index is 0.0146. The highest BCUT2D eigenvalue weighted by Gasteiger charge is 2.33. The van der Waals surface area contributed by atoms with Crippen molar-refractivity contribution in [2.45, 2.75) is 64.6 Å². The summed E-state index contributed by atoms with van der Waals surface area (Å²) in [5.74, 6) is 0.0826. The molecule has 1 saturated carbocycles. The average Bonchev–Trinajstić information content (AvgIpc) is 2.62. The van der Waals surface area contributed by atoms with Crippen LogP contribution in [-0.4, -0.2) is 37.7 Å². The van der Waals surface area contributed by atoms with Gasteiger partial charge in [-0.05, 0) is 50.8 Å². The number of hydrogen-bond acceptors (Lipinski definition) is 4. The molecule has 2 unspecified atom stereocenters. The summed E-state index contributed by atoms with van der Waals surface area (Å²) in [4.78, 5) is 15.1. The van der Waals surface area contributed by atoms with Crippen molar-refractivity contribution < 1.29 is 9.53 Å². The van der Waals surface area contributed by atoms with Gasteiger partial charge in [0, 0.05) is 19.5 Å². The number of nitrogens with zero attached hydrogens (tertiary/aromatic N) is 1. The van der Waals surface area contributed by atoms with Gasteiger partial charge in [0.05, 0.1) is 23.6 Å². The van der Waals surface area contributed by atoms with Gasteiger partial charge in [-0.1, -0.05) is 31.4 Å². The molecular formula is C21H33N3O2. The Morgan fingerprint density at radius 2 is 1.85 bits per heavy atom. The van der Waals surface area contributed by atoms with Crippen LogP contribution >= 0.6 is 0 Å². The minimum atomic E-state index is -0.0146. The van der Waals surface area contributed by atoms with Crippen LogP contribution in [0.3, 0.4) is 0 Å². The maximum Gasteiger partial charge on any atom is 0.225 e. The number of carbonyl (C=O) groups is 1. The molecule has 26 heavy (non-hydrogen) atoms. The molecule has 1 saturated heterocycles. The summed E-state index contributed by atoms with van der Waals surface area (Å²) in [7, 11) is 0. The number of anilines is 2. The lowest BCUT2D eigenvalue weighted by atomic mass is 9.71. The molecule has 3 N–H and O–H groups in total. The van der Waals surface area contributed by atoms with Gasteiger partial charge in [0.25, 0.3) is 0 Å². The van der Waals surface area contributed by atoms with Crippen LogP contribution in [0.4, 0.5) is 11.4 Å². The maximum atomic E-state index is 12.8. The van der Waals surface area contributed by atoms with Crippen LogP contribution in [0, 0.1) is 5.41 Å². The van der Waals surface area contributed by atoms with Crippen molar-refractivity contribution in [2.75, 3.05) is 29.9 Å². The van der Waals surface area contributed by atoms with Crippen molar-refractivity contribution in [2.24, 2.45) is 11.1 Å². The zero-order chi connectivity index (χ0) is 18.6. The van der Waals surface area contributed by atoms with Gasteiger partial charge in [-0.15, -0.1) is 0 Å². The molecule has 1 aliphatic heterocycles. The van der Waals surface area contributed by atoms with Gasteiger partial charge in [-0.3, -0.25) is 4.79 Å². The third-order valence-electron chi connectivity index (χ3n) is 5.82. The summed E-state index contributed by atoms with van der Waals surface area (Å²) in [6, 6.07) is 8.08. The second-order valence-electron chi connectivity index (χ2n) is 8.17. The molecular weight excluding hydrogens is 326 g/mol. The lowest BCUT2D eigenvalue weighted by Gasteiger charge is -2.38. The van der Waals surface area contributed by atoms with E-state index in [2.05, 4.69) is 30.1 Å². The molecule has 0 aromatic heterocycles. The van der Waals surface area contributed by atoms with Crippen LogP contribution in [-0.2, 0) is 9.53 Å².